The fourth-order valence-electron chi connectivity index (χ4n) is 1.86. The number of halogens is 1. The molecule has 0 bridgehead atoms. The van der Waals surface area contributed by atoms with Crippen LogP contribution >= 0.6 is 0 Å². The van der Waals surface area contributed by atoms with Crippen molar-refractivity contribution in [3.63, 3.8) is 0 Å². The van der Waals surface area contributed by atoms with Crippen LogP contribution in [-0.2, 0) is 10.0 Å². The van der Waals surface area contributed by atoms with E-state index in [-0.39, 0.29) is 28.3 Å². The molecular formula is C15H17FN2O4S. The zero-order valence-electron chi connectivity index (χ0n) is 12.9. The van der Waals surface area contributed by atoms with Gasteiger partial charge in [-0.3, -0.25) is 4.72 Å². The second kappa shape index (κ2) is 6.82. The van der Waals surface area contributed by atoms with Gasteiger partial charge >= 0.3 is 0 Å². The number of nitrogens with zero attached hydrogens (tertiary/aromatic N) is 1. The highest BCUT2D eigenvalue weighted by Crippen LogP contribution is 2.29. The Kier molecular flexibility index (Phi) is 5.05. The molecule has 0 spiro atoms. The SMILES string of the molecule is COc1cccnc1NS(=O)(=O)c1cc(F)ccc1OC(C)C. The topological polar surface area (TPSA) is 77.5 Å². The van der Waals surface area contributed by atoms with Crippen molar-refractivity contribution in [2.75, 3.05) is 11.8 Å². The van der Waals surface area contributed by atoms with Crippen molar-refractivity contribution < 1.29 is 22.3 Å². The molecule has 0 aliphatic heterocycles. The molecule has 0 amide bonds. The smallest absolute Gasteiger partial charge is 0.266 e. The van der Waals surface area contributed by atoms with Gasteiger partial charge in [0.1, 0.15) is 16.5 Å². The van der Waals surface area contributed by atoms with Gasteiger partial charge in [-0.25, -0.2) is 17.8 Å². The van der Waals surface area contributed by atoms with Gasteiger partial charge in [0.2, 0.25) is 0 Å². The Hall–Kier alpha value is -2.35. The summed E-state index contributed by atoms with van der Waals surface area (Å²) in [5.74, 6) is -0.369. The Morgan fingerprint density at radius 2 is 1.96 bits per heavy atom. The Morgan fingerprint density at radius 1 is 1.22 bits per heavy atom. The third-order valence-electron chi connectivity index (χ3n) is 2.78. The van der Waals surface area contributed by atoms with Gasteiger partial charge in [0.15, 0.2) is 11.6 Å². The lowest BCUT2D eigenvalue weighted by Crippen LogP contribution is -2.17. The lowest BCUT2D eigenvalue weighted by molar-refractivity contribution is 0.235. The van der Waals surface area contributed by atoms with E-state index in [1.807, 2.05) is 0 Å². The first-order chi connectivity index (χ1) is 10.8. The summed E-state index contributed by atoms with van der Waals surface area (Å²) in [6.07, 6.45) is 1.15. The van der Waals surface area contributed by atoms with Gasteiger partial charge in [0.25, 0.3) is 10.0 Å². The summed E-state index contributed by atoms with van der Waals surface area (Å²) >= 11 is 0. The molecule has 0 unspecified atom stereocenters. The summed E-state index contributed by atoms with van der Waals surface area (Å²) in [7, 11) is -2.71. The largest absolute Gasteiger partial charge is 0.493 e. The van der Waals surface area contributed by atoms with Crippen LogP contribution in [0.2, 0.25) is 0 Å². The van der Waals surface area contributed by atoms with Gasteiger partial charge in [0, 0.05) is 6.20 Å². The number of rotatable bonds is 6. The highest BCUT2D eigenvalue weighted by atomic mass is 32.2. The second-order valence-electron chi connectivity index (χ2n) is 4.92. The Bertz CT molecular complexity index is 794. The number of pyridine rings is 1. The summed E-state index contributed by atoms with van der Waals surface area (Å²) in [4.78, 5) is 3.62. The first-order valence-corrected chi connectivity index (χ1v) is 8.30. The van der Waals surface area contributed by atoms with Crippen molar-refractivity contribution in [2.24, 2.45) is 0 Å². The first-order valence-electron chi connectivity index (χ1n) is 6.81. The van der Waals surface area contributed by atoms with Crippen LogP contribution in [0.15, 0.2) is 41.4 Å². The summed E-state index contributed by atoms with van der Waals surface area (Å²) in [5, 5.41) is 0. The third kappa shape index (κ3) is 4.10. The van der Waals surface area contributed by atoms with Gasteiger partial charge in [0.05, 0.1) is 13.2 Å². The Balaban J connectivity index is 2.45. The number of aromatic nitrogens is 1. The van der Waals surface area contributed by atoms with E-state index in [0.29, 0.717) is 0 Å². The predicted molar refractivity (Wildman–Crippen MR) is 83.8 cm³/mol. The maximum Gasteiger partial charge on any atom is 0.266 e. The molecule has 0 saturated carbocycles. The molecule has 2 aromatic rings. The number of benzene rings is 1. The number of hydrogen-bond donors (Lipinski definition) is 1. The number of methoxy groups -OCH3 is 1. The molecule has 8 heteroatoms. The molecule has 6 nitrogen and oxygen atoms in total. The van der Waals surface area contributed by atoms with Crippen LogP contribution in [0.3, 0.4) is 0 Å². The number of hydrogen-bond acceptors (Lipinski definition) is 5. The van der Waals surface area contributed by atoms with Crippen LogP contribution in [0.25, 0.3) is 0 Å². The summed E-state index contributed by atoms with van der Waals surface area (Å²) < 4.78 is 51.4. The lowest BCUT2D eigenvalue weighted by Gasteiger charge is -2.16. The summed E-state index contributed by atoms with van der Waals surface area (Å²) in [5.41, 5.74) is 0. The van der Waals surface area contributed by atoms with E-state index in [9.17, 15) is 12.8 Å². The molecule has 23 heavy (non-hydrogen) atoms. The summed E-state index contributed by atoms with van der Waals surface area (Å²) in [6, 6.07) is 6.47. The molecule has 124 valence electrons. The molecule has 0 fully saturated rings. The highest BCUT2D eigenvalue weighted by molar-refractivity contribution is 7.92. The standard InChI is InChI=1S/C15H17FN2O4S/c1-10(2)22-12-7-6-11(16)9-14(12)23(19,20)18-15-13(21-3)5-4-8-17-15/h4-10H,1-3H3,(H,17,18). The fourth-order valence-corrected chi connectivity index (χ4v) is 3.02. The second-order valence-corrected chi connectivity index (χ2v) is 6.57. The van der Waals surface area contributed by atoms with E-state index in [0.717, 1.165) is 12.1 Å². The molecule has 0 aliphatic rings. The number of ether oxygens (including phenoxy) is 2. The van der Waals surface area contributed by atoms with Gasteiger partial charge in [-0.15, -0.1) is 0 Å². The van der Waals surface area contributed by atoms with Crippen molar-refractivity contribution in [3.05, 3.63) is 42.3 Å². The zero-order chi connectivity index (χ0) is 17.0. The van der Waals surface area contributed by atoms with E-state index in [1.54, 1.807) is 26.0 Å². The van der Waals surface area contributed by atoms with Crippen molar-refractivity contribution in [1.82, 2.24) is 4.98 Å². The average molecular weight is 340 g/mol. The normalized spacial score (nSPS) is 11.3. The lowest BCUT2D eigenvalue weighted by atomic mass is 10.3. The van der Waals surface area contributed by atoms with Crippen LogP contribution in [0.5, 0.6) is 11.5 Å². The van der Waals surface area contributed by atoms with E-state index in [2.05, 4.69) is 9.71 Å². The molecule has 0 atom stereocenters. The van der Waals surface area contributed by atoms with Crippen molar-refractivity contribution in [2.45, 2.75) is 24.8 Å². The number of anilines is 1. The Morgan fingerprint density at radius 3 is 2.61 bits per heavy atom. The van der Waals surface area contributed by atoms with E-state index < -0.39 is 15.8 Å². The van der Waals surface area contributed by atoms with Crippen LogP contribution in [0.4, 0.5) is 10.2 Å². The molecule has 1 heterocycles. The quantitative estimate of drug-likeness (QED) is 0.875. The van der Waals surface area contributed by atoms with Crippen LogP contribution < -0.4 is 14.2 Å². The van der Waals surface area contributed by atoms with Crippen molar-refractivity contribution in [3.8, 4) is 11.5 Å². The van der Waals surface area contributed by atoms with Crippen LogP contribution in [0.1, 0.15) is 13.8 Å². The fraction of sp³-hybridized carbons (Fsp3) is 0.267. The minimum atomic E-state index is -4.10. The first kappa shape index (κ1) is 17.0. The van der Waals surface area contributed by atoms with Crippen molar-refractivity contribution >= 4 is 15.8 Å². The van der Waals surface area contributed by atoms with Crippen LogP contribution in [-0.4, -0.2) is 26.6 Å². The van der Waals surface area contributed by atoms with E-state index in [4.69, 9.17) is 9.47 Å². The van der Waals surface area contributed by atoms with E-state index in [1.165, 1.54) is 19.4 Å². The molecule has 2 rings (SSSR count). The molecule has 0 aliphatic carbocycles. The molecule has 1 aromatic heterocycles. The molecule has 0 radical (unpaired) electrons. The maximum atomic E-state index is 13.5. The summed E-state index contributed by atoms with van der Waals surface area (Å²) in [6.45, 7) is 3.49. The third-order valence-corrected chi connectivity index (χ3v) is 4.14. The number of sulfonamides is 1. The minimum Gasteiger partial charge on any atom is -0.493 e. The molecule has 0 saturated heterocycles. The molecule has 1 N–H and O–H groups in total. The predicted octanol–water partition coefficient (Wildman–Crippen LogP) is 2.82. The molecular weight excluding hydrogens is 323 g/mol. The van der Waals surface area contributed by atoms with Gasteiger partial charge < -0.3 is 9.47 Å². The zero-order valence-corrected chi connectivity index (χ0v) is 13.7. The van der Waals surface area contributed by atoms with Gasteiger partial charge in [-0.2, -0.15) is 0 Å². The number of nitrogens with one attached hydrogen (secondary N) is 1. The minimum absolute atomic E-state index is 0.00904. The highest BCUT2D eigenvalue weighted by Gasteiger charge is 2.23. The van der Waals surface area contributed by atoms with Crippen molar-refractivity contribution in [1.29, 1.82) is 0 Å². The van der Waals surface area contributed by atoms with Gasteiger partial charge in [-0.05, 0) is 44.2 Å². The monoisotopic (exact) mass is 340 g/mol. The van der Waals surface area contributed by atoms with E-state index >= 15 is 0 Å². The maximum absolute atomic E-state index is 13.5. The molecule has 1 aromatic carbocycles. The van der Waals surface area contributed by atoms with Crippen LogP contribution in [0, 0.1) is 5.82 Å². The average Bonchev–Trinajstić information content (AvgIpc) is 2.48. The van der Waals surface area contributed by atoms with Gasteiger partial charge in [-0.1, -0.05) is 0 Å². The Labute approximate surface area is 134 Å².